The summed E-state index contributed by atoms with van der Waals surface area (Å²) >= 11 is 3.63. The second-order valence-electron chi connectivity index (χ2n) is 4.95. The minimum absolute atomic E-state index is 0.111. The molecule has 0 radical (unpaired) electrons. The molecule has 2 aliphatic rings. The lowest BCUT2D eigenvalue weighted by molar-refractivity contribution is -0.195. The minimum Gasteiger partial charge on any atom is -0.376 e. The van der Waals surface area contributed by atoms with Crippen molar-refractivity contribution >= 4 is 15.9 Å². The molecule has 0 aromatic heterocycles. The zero-order valence-electron chi connectivity index (χ0n) is 9.51. The predicted molar refractivity (Wildman–Crippen MR) is 64.5 cm³/mol. The van der Waals surface area contributed by atoms with Gasteiger partial charge in [-0.2, -0.15) is 0 Å². The summed E-state index contributed by atoms with van der Waals surface area (Å²) < 4.78 is 11.4. The fourth-order valence-electron chi connectivity index (χ4n) is 2.53. The summed E-state index contributed by atoms with van der Waals surface area (Å²) in [6.45, 7) is 3.89. The lowest BCUT2D eigenvalue weighted by atomic mass is 9.78. The Labute approximate surface area is 101 Å². The van der Waals surface area contributed by atoms with Gasteiger partial charge in [0, 0.05) is 5.33 Å². The van der Waals surface area contributed by atoms with E-state index in [1.807, 2.05) is 0 Å². The highest BCUT2D eigenvalue weighted by molar-refractivity contribution is 9.09. The van der Waals surface area contributed by atoms with E-state index in [1.54, 1.807) is 0 Å². The molecule has 1 saturated carbocycles. The van der Waals surface area contributed by atoms with Crippen LogP contribution in [0.3, 0.4) is 0 Å². The molecular weight excluding hydrogens is 256 g/mol. The highest BCUT2D eigenvalue weighted by Crippen LogP contribution is 2.38. The van der Waals surface area contributed by atoms with E-state index in [4.69, 9.17) is 9.47 Å². The number of alkyl halides is 1. The zero-order valence-corrected chi connectivity index (χ0v) is 11.1. The van der Waals surface area contributed by atoms with Crippen LogP contribution < -0.4 is 0 Å². The minimum atomic E-state index is 0.111. The number of rotatable bonds is 4. The molecule has 88 valence electrons. The van der Waals surface area contributed by atoms with Crippen molar-refractivity contribution in [2.75, 3.05) is 18.5 Å². The van der Waals surface area contributed by atoms with Gasteiger partial charge in [-0.25, -0.2) is 0 Å². The molecule has 1 aliphatic heterocycles. The van der Waals surface area contributed by atoms with Crippen LogP contribution in [0.1, 0.15) is 39.0 Å². The summed E-state index contributed by atoms with van der Waals surface area (Å²) in [5.41, 5.74) is 0.111. The van der Waals surface area contributed by atoms with Gasteiger partial charge in [-0.3, -0.25) is 0 Å². The van der Waals surface area contributed by atoms with E-state index in [0.717, 1.165) is 24.5 Å². The van der Waals surface area contributed by atoms with Crippen LogP contribution in [-0.2, 0) is 9.47 Å². The number of halogens is 1. The summed E-state index contributed by atoms with van der Waals surface area (Å²) in [5, 5.41) is 0.979. The maximum Gasteiger partial charge on any atom is 0.105 e. The molecule has 0 unspecified atom stereocenters. The van der Waals surface area contributed by atoms with E-state index >= 15 is 0 Å². The van der Waals surface area contributed by atoms with Crippen molar-refractivity contribution in [1.82, 2.24) is 0 Å². The molecule has 0 spiro atoms. The Morgan fingerprint density at radius 1 is 1.33 bits per heavy atom. The normalized spacial score (nSPS) is 37.6. The number of ether oxygens (including phenoxy) is 2. The molecule has 1 saturated heterocycles. The van der Waals surface area contributed by atoms with Gasteiger partial charge in [0.05, 0.1) is 18.8 Å². The Bertz CT molecular complexity index is 196. The Morgan fingerprint density at radius 3 is 2.40 bits per heavy atom. The molecule has 0 amide bonds. The SMILES string of the molecule is CCC1CCC(CBr)(OC2COC2)CC1. The average Bonchev–Trinajstić information content (AvgIpc) is 2.24. The van der Waals surface area contributed by atoms with E-state index in [9.17, 15) is 0 Å². The van der Waals surface area contributed by atoms with Crippen LogP contribution >= 0.6 is 15.9 Å². The maximum atomic E-state index is 6.18. The first-order chi connectivity index (χ1) is 7.28. The Morgan fingerprint density at radius 2 is 2.00 bits per heavy atom. The van der Waals surface area contributed by atoms with Crippen molar-refractivity contribution in [3.63, 3.8) is 0 Å². The van der Waals surface area contributed by atoms with Gasteiger partial charge in [0.15, 0.2) is 0 Å². The van der Waals surface area contributed by atoms with Gasteiger partial charge in [-0.1, -0.05) is 29.3 Å². The first kappa shape index (κ1) is 11.9. The second-order valence-corrected chi connectivity index (χ2v) is 5.51. The molecule has 2 nitrogen and oxygen atoms in total. The van der Waals surface area contributed by atoms with E-state index < -0.39 is 0 Å². The molecular formula is C12H21BrO2. The Hall–Kier alpha value is 0.400. The highest BCUT2D eigenvalue weighted by Gasteiger charge is 2.38. The van der Waals surface area contributed by atoms with Crippen LogP contribution in [0.4, 0.5) is 0 Å². The fraction of sp³-hybridized carbons (Fsp3) is 1.00. The zero-order chi connectivity index (χ0) is 10.7. The van der Waals surface area contributed by atoms with Gasteiger partial charge in [0.2, 0.25) is 0 Å². The Balaban J connectivity index is 1.85. The smallest absolute Gasteiger partial charge is 0.105 e. The van der Waals surface area contributed by atoms with E-state index in [0.29, 0.717) is 6.10 Å². The lowest BCUT2D eigenvalue weighted by Gasteiger charge is -2.43. The van der Waals surface area contributed by atoms with Gasteiger partial charge in [0.1, 0.15) is 6.10 Å². The largest absolute Gasteiger partial charge is 0.376 e. The van der Waals surface area contributed by atoms with Crippen molar-refractivity contribution in [3.8, 4) is 0 Å². The van der Waals surface area contributed by atoms with Crippen LogP contribution in [0.5, 0.6) is 0 Å². The van der Waals surface area contributed by atoms with Gasteiger partial charge in [-0.05, 0) is 31.6 Å². The molecule has 3 heteroatoms. The van der Waals surface area contributed by atoms with Crippen LogP contribution in [0.25, 0.3) is 0 Å². The fourth-order valence-corrected chi connectivity index (χ4v) is 3.22. The molecule has 0 aromatic rings. The molecule has 2 rings (SSSR count). The summed E-state index contributed by atoms with van der Waals surface area (Å²) in [7, 11) is 0. The van der Waals surface area contributed by atoms with Crippen molar-refractivity contribution in [3.05, 3.63) is 0 Å². The van der Waals surface area contributed by atoms with Crippen molar-refractivity contribution < 1.29 is 9.47 Å². The van der Waals surface area contributed by atoms with E-state index in [1.165, 1.54) is 32.1 Å². The van der Waals surface area contributed by atoms with E-state index in [2.05, 4.69) is 22.9 Å². The van der Waals surface area contributed by atoms with Crippen molar-refractivity contribution in [1.29, 1.82) is 0 Å². The maximum absolute atomic E-state index is 6.18. The first-order valence-corrected chi connectivity index (χ1v) is 7.21. The van der Waals surface area contributed by atoms with Crippen LogP contribution in [0, 0.1) is 5.92 Å². The average molecular weight is 277 g/mol. The van der Waals surface area contributed by atoms with Gasteiger partial charge >= 0.3 is 0 Å². The molecule has 15 heavy (non-hydrogen) atoms. The highest BCUT2D eigenvalue weighted by atomic mass is 79.9. The van der Waals surface area contributed by atoms with Gasteiger partial charge in [0.25, 0.3) is 0 Å². The second kappa shape index (κ2) is 5.15. The van der Waals surface area contributed by atoms with Crippen LogP contribution in [0.2, 0.25) is 0 Å². The molecule has 0 aromatic carbocycles. The predicted octanol–water partition coefficient (Wildman–Crippen LogP) is 3.14. The van der Waals surface area contributed by atoms with E-state index in [-0.39, 0.29) is 5.60 Å². The van der Waals surface area contributed by atoms with Gasteiger partial charge < -0.3 is 9.47 Å². The molecule has 1 heterocycles. The summed E-state index contributed by atoms with van der Waals surface area (Å²) in [6.07, 6.45) is 6.78. The quantitative estimate of drug-likeness (QED) is 0.735. The lowest BCUT2D eigenvalue weighted by Crippen LogP contribution is -2.48. The number of hydrogen-bond donors (Lipinski definition) is 0. The topological polar surface area (TPSA) is 18.5 Å². The third-order valence-corrected chi connectivity index (χ3v) is 4.88. The molecule has 2 fully saturated rings. The van der Waals surface area contributed by atoms with Gasteiger partial charge in [-0.15, -0.1) is 0 Å². The van der Waals surface area contributed by atoms with Crippen molar-refractivity contribution in [2.45, 2.75) is 50.7 Å². The molecule has 0 bridgehead atoms. The molecule has 0 N–H and O–H groups in total. The van der Waals surface area contributed by atoms with Crippen LogP contribution in [0.15, 0.2) is 0 Å². The monoisotopic (exact) mass is 276 g/mol. The van der Waals surface area contributed by atoms with Crippen LogP contribution in [-0.4, -0.2) is 30.2 Å². The molecule has 0 atom stereocenters. The number of hydrogen-bond acceptors (Lipinski definition) is 2. The first-order valence-electron chi connectivity index (χ1n) is 6.09. The summed E-state index contributed by atoms with van der Waals surface area (Å²) in [6, 6.07) is 0. The summed E-state index contributed by atoms with van der Waals surface area (Å²) in [4.78, 5) is 0. The third-order valence-electron chi connectivity index (χ3n) is 3.86. The third kappa shape index (κ3) is 2.75. The molecule has 1 aliphatic carbocycles. The summed E-state index contributed by atoms with van der Waals surface area (Å²) in [5.74, 6) is 0.929. The Kier molecular flexibility index (Phi) is 4.08. The standard InChI is InChI=1S/C12H21BrO2/c1-2-10-3-5-12(9-13,6-4-10)15-11-7-14-8-11/h10-11H,2-9H2,1H3. The van der Waals surface area contributed by atoms with Crippen molar-refractivity contribution in [2.24, 2.45) is 5.92 Å².